The molecule has 2 heterocycles. The first-order valence-electron chi connectivity index (χ1n) is 7.38. The number of ether oxygens (including phenoxy) is 1. The molecule has 7 heteroatoms. The molecule has 0 aliphatic carbocycles. The Hall–Kier alpha value is -0.820. The highest BCUT2D eigenvalue weighted by molar-refractivity contribution is 7.91. The maximum atomic E-state index is 12.3. The Morgan fingerprint density at radius 2 is 2.20 bits per heavy atom. The summed E-state index contributed by atoms with van der Waals surface area (Å²) in [5.74, 6) is 0.289. The summed E-state index contributed by atoms with van der Waals surface area (Å²) < 4.78 is 28.6. The third-order valence-corrected chi connectivity index (χ3v) is 5.63. The maximum Gasteiger partial charge on any atom is 0.317 e. The Bertz CT molecular complexity index is 432. The summed E-state index contributed by atoms with van der Waals surface area (Å²) in [6, 6.07) is -0.339. The average Bonchev–Trinajstić information content (AvgIpc) is 3.02. The van der Waals surface area contributed by atoms with Crippen LogP contribution in [0.4, 0.5) is 4.79 Å². The summed E-state index contributed by atoms with van der Waals surface area (Å²) in [4.78, 5) is 13.9. The van der Waals surface area contributed by atoms with Crippen LogP contribution in [0.5, 0.6) is 0 Å². The van der Waals surface area contributed by atoms with Crippen molar-refractivity contribution in [1.82, 2.24) is 10.2 Å². The number of rotatable bonds is 5. The van der Waals surface area contributed by atoms with Crippen molar-refractivity contribution < 1.29 is 17.9 Å². The second-order valence-electron chi connectivity index (χ2n) is 5.57. The summed E-state index contributed by atoms with van der Waals surface area (Å²) in [5, 5.41) is 2.88. The predicted octanol–water partition coefficient (Wildman–Crippen LogP) is 0.774. The lowest BCUT2D eigenvalue weighted by atomic mass is 10.2. The molecule has 2 aliphatic rings. The summed E-state index contributed by atoms with van der Waals surface area (Å²) in [5.41, 5.74) is 0. The van der Waals surface area contributed by atoms with Crippen molar-refractivity contribution in [2.45, 2.75) is 44.8 Å². The van der Waals surface area contributed by atoms with Crippen LogP contribution in [0, 0.1) is 0 Å². The maximum absolute atomic E-state index is 12.3. The van der Waals surface area contributed by atoms with Gasteiger partial charge in [0.1, 0.15) is 0 Å². The Morgan fingerprint density at radius 1 is 1.40 bits per heavy atom. The van der Waals surface area contributed by atoms with Crippen molar-refractivity contribution in [3.05, 3.63) is 0 Å². The number of nitrogens with one attached hydrogen (secondary N) is 1. The second kappa shape index (κ2) is 6.76. The van der Waals surface area contributed by atoms with Gasteiger partial charge in [0, 0.05) is 25.7 Å². The van der Waals surface area contributed by atoms with Crippen LogP contribution in [-0.2, 0) is 14.6 Å². The highest BCUT2D eigenvalue weighted by Gasteiger charge is 2.34. The molecule has 116 valence electrons. The molecule has 2 atom stereocenters. The summed E-state index contributed by atoms with van der Waals surface area (Å²) in [7, 11) is -2.97. The Balaban J connectivity index is 1.88. The predicted molar refractivity (Wildman–Crippen MR) is 76.4 cm³/mol. The first-order valence-corrected chi connectivity index (χ1v) is 9.20. The van der Waals surface area contributed by atoms with Crippen molar-refractivity contribution in [3.8, 4) is 0 Å². The third kappa shape index (κ3) is 4.09. The molecule has 2 fully saturated rings. The number of carbonyl (C=O) groups is 1. The Labute approximate surface area is 120 Å². The van der Waals surface area contributed by atoms with Crippen molar-refractivity contribution in [3.63, 3.8) is 0 Å². The lowest BCUT2D eigenvalue weighted by molar-refractivity contribution is 0.107. The summed E-state index contributed by atoms with van der Waals surface area (Å²) in [6.07, 6.45) is 3.50. The van der Waals surface area contributed by atoms with Crippen LogP contribution < -0.4 is 5.32 Å². The van der Waals surface area contributed by atoms with E-state index in [0.29, 0.717) is 19.5 Å². The fourth-order valence-electron chi connectivity index (χ4n) is 2.82. The summed E-state index contributed by atoms with van der Waals surface area (Å²) >= 11 is 0. The van der Waals surface area contributed by atoms with E-state index >= 15 is 0 Å². The zero-order chi connectivity index (χ0) is 14.6. The third-order valence-electron chi connectivity index (χ3n) is 3.88. The summed E-state index contributed by atoms with van der Waals surface area (Å²) in [6.45, 7) is 3.86. The van der Waals surface area contributed by atoms with E-state index in [1.54, 1.807) is 4.90 Å². The fourth-order valence-corrected chi connectivity index (χ4v) is 4.55. The van der Waals surface area contributed by atoms with E-state index in [2.05, 4.69) is 5.32 Å². The molecule has 0 saturated carbocycles. The molecule has 2 amide bonds. The van der Waals surface area contributed by atoms with E-state index in [0.717, 1.165) is 25.9 Å². The topological polar surface area (TPSA) is 75.7 Å². The minimum absolute atomic E-state index is 0.0976. The highest BCUT2D eigenvalue weighted by atomic mass is 32.2. The molecule has 0 spiro atoms. The van der Waals surface area contributed by atoms with Crippen molar-refractivity contribution in [2.75, 3.05) is 31.2 Å². The molecular weight excluding hydrogens is 280 g/mol. The molecule has 2 aliphatic heterocycles. The quantitative estimate of drug-likeness (QED) is 0.814. The van der Waals surface area contributed by atoms with E-state index < -0.39 is 9.84 Å². The van der Waals surface area contributed by atoms with Crippen LogP contribution in [-0.4, -0.2) is 62.7 Å². The number of nitrogens with zero attached hydrogens (tertiary/aromatic N) is 1. The van der Waals surface area contributed by atoms with Crippen molar-refractivity contribution >= 4 is 15.9 Å². The SMILES string of the molecule is CCCN(C(=O)NC[C@H]1CCCO1)[C@@H]1CCS(=O)(=O)C1. The van der Waals surface area contributed by atoms with Crippen molar-refractivity contribution in [1.29, 1.82) is 0 Å². The van der Waals surface area contributed by atoms with E-state index in [9.17, 15) is 13.2 Å². The molecule has 1 N–H and O–H groups in total. The number of amides is 2. The van der Waals surface area contributed by atoms with Gasteiger partial charge < -0.3 is 15.0 Å². The molecule has 0 unspecified atom stereocenters. The lowest BCUT2D eigenvalue weighted by Crippen LogP contribution is -2.48. The largest absolute Gasteiger partial charge is 0.376 e. The number of carbonyl (C=O) groups excluding carboxylic acids is 1. The van der Waals surface area contributed by atoms with Crippen LogP contribution in [0.15, 0.2) is 0 Å². The number of hydrogen-bond donors (Lipinski definition) is 1. The molecule has 2 saturated heterocycles. The highest BCUT2D eigenvalue weighted by Crippen LogP contribution is 2.18. The van der Waals surface area contributed by atoms with Crippen LogP contribution >= 0.6 is 0 Å². The smallest absolute Gasteiger partial charge is 0.317 e. The van der Waals surface area contributed by atoms with Gasteiger partial charge in [0.15, 0.2) is 9.84 Å². The average molecular weight is 304 g/mol. The van der Waals surface area contributed by atoms with Crippen molar-refractivity contribution in [2.24, 2.45) is 0 Å². The van der Waals surface area contributed by atoms with Crippen LogP contribution in [0.25, 0.3) is 0 Å². The molecule has 0 bridgehead atoms. The van der Waals surface area contributed by atoms with E-state index in [4.69, 9.17) is 4.74 Å². The van der Waals surface area contributed by atoms with Gasteiger partial charge in [0.25, 0.3) is 0 Å². The van der Waals surface area contributed by atoms with Gasteiger partial charge in [-0.3, -0.25) is 0 Å². The Kier molecular flexibility index (Phi) is 5.26. The zero-order valence-electron chi connectivity index (χ0n) is 12.0. The number of urea groups is 1. The Morgan fingerprint density at radius 3 is 2.75 bits per heavy atom. The van der Waals surface area contributed by atoms with Crippen LogP contribution in [0.1, 0.15) is 32.6 Å². The van der Waals surface area contributed by atoms with Gasteiger partial charge >= 0.3 is 6.03 Å². The van der Waals surface area contributed by atoms with E-state index in [-0.39, 0.29) is 29.7 Å². The molecule has 2 rings (SSSR count). The molecule has 0 radical (unpaired) electrons. The molecular formula is C13H24N2O4S. The van der Waals surface area contributed by atoms with Gasteiger partial charge in [-0.2, -0.15) is 0 Å². The fraction of sp³-hybridized carbons (Fsp3) is 0.923. The first-order chi connectivity index (χ1) is 9.52. The molecule has 0 aromatic carbocycles. The minimum Gasteiger partial charge on any atom is -0.376 e. The van der Waals surface area contributed by atoms with E-state index in [1.165, 1.54) is 0 Å². The minimum atomic E-state index is -2.97. The lowest BCUT2D eigenvalue weighted by Gasteiger charge is -2.28. The van der Waals surface area contributed by atoms with E-state index in [1.807, 2.05) is 6.92 Å². The molecule has 20 heavy (non-hydrogen) atoms. The van der Waals surface area contributed by atoms with Gasteiger partial charge in [0.2, 0.25) is 0 Å². The molecule has 0 aromatic heterocycles. The van der Waals surface area contributed by atoms with Gasteiger partial charge in [-0.25, -0.2) is 13.2 Å². The van der Waals surface area contributed by atoms with Gasteiger partial charge in [0.05, 0.1) is 17.6 Å². The molecule has 0 aromatic rings. The monoisotopic (exact) mass is 304 g/mol. The zero-order valence-corrected chi connectivity index (χ0v) is 12.8. The molecule has 6 nitrogen and oxygen atoms in total. The second-order valence-corrected chi connectivity index (χ2v) is 7.80. The number of hydrogen-bond acceptors (Lipinski definition) is 4. The van der Waals surface area contributed by atoms with Crippen LogP contribution in [0.2, 0.25) is 0 Å². The number of sulfone groups is 1. The van der Waals surface area contributed by atoms with Gasteiger partial charge in [-0.05, 0) is 25.7 Å². The van der Waals surface area contributed by atoms with Gasteiger partial charge in [-0.15, -0.1) is 0 Å². The normalized spacial score (nSPS) is 28.4. The standard InChI is InChI=1S/C13H24N2O4S/c1-2-6-15(11-5-8-20(17,18)10-11)13(16)14-9-12-4-3-7-19-12/h11-12H,2-10H2,1H3,(H,14,16)/t11-,12-/m1/s1. The first kappa shape index (κ1) is 15.6. The van der Waals surface area contributed by atoms with Gasteiger partial charge in [-0.1, -0.05) is 6.92 Å². The van der Waals surface area contributed by atoms with Crippen LogP contribution in [0.3, 0.4) is 0 Å².